The van der Waals surface area contributed by atoms with Crippen LogP contribution in [0.5, 0.6) is 0 Å². The number of carbonyl (C=O) groups is 1. The number of rotatable bonds is 7. The highest BCUT2D eigenvalue weighted by atomic mass is 32.2. The van der Waals surface area contributed by atoms with E-state index in [4.69, 9.17) is 0 Å². The zero-order valence-electron chi connectivity index (χ0n) is 16.2. The number of anilines is 1. The third-order valence-corrected chi connectivity index (χ3v) is 6.20. The van der Waals surface area contributed by atoms with Crippen LogP contribution in [-0.2, 0) is 21.4 Å². The molecule has 5 nitrogen and oxygen atoms in total. The summed E-state index contributed by atoms with van der Waals surface area (Å²) in [5.41, 5.74) is 1.35. The van der Waals surface area contributed by atoms with E-state index in [1.165, 1.54) is 54.6 Å². The van der Waals surface area contributed by atoms with Gasteiger partial charge < -0.3 is 5.32 Å². The zero-order valence-corrected chi connectivity index (χ0v) is 17.0. The summed E-state index contributed by atoms with van der Waals surface area (Å²) >= 11 is 0. The summed E-state index contributed by atoms with van der Waals surface area (Å²) in [5.74, 6) is -1.78. The molecule has 0 radical (unpaired) electrons. The van der Waals surface area contributed by atoms with Crippen LogP contribution in [0.1, 0.15) is 11.1 Å². The average molecular weight is 430 g/mol. The Morgan fingerprint density at radius 2 is 1.57 bits per heavy atom. The van der Waals surface area contributed by atoms with Crippen LogP contribution in [0.2, 0.25) is 0 Å². The number of para-hydroxylation sites is 1. The van der Waals surface area contributed by atoms with E-state index in [0.29, 0.717) is 5.56 Å². The van der Waals surface area contributed by atoms with Gasteiger partial charge in [-0.05, 0) is 48.9 Å². The van der Waals surface area contributed by atoms with Crippen LogP contribution in [0.4, 0.5) is 14.5 Å². The number of carbonyl (C=O) groups excluding carboxylic acids is 1. The molecule has 0 aromatic heterocycles. The van der Waals surface area contributed by atoms with Crippen molar-refractivity contribution in [3.05, 3.63) is 95.6 Å². The van der Waals surface area contributed by atoms with E-state index in [1.54, 1.807) is 18.2 Å². The quantitative estimate of drug-likeness (QED) is 0.614. The van der Waals surface area contributed by atoms with Crippen molar-refractivity contribution in [3.8, 4) is 0 Å². The number of amides is 1. The predicted molar refractivity (Wildman–Crippen MR) is 110 cm³/mol. The number of hydrogen-bond donors (Lipinski definition) is 1. The van der Waals surface area contributed by atoms with Crippen LogP contribution in [0.15, 0.2) is 77.7 Å². The molecule has 0 atom stereocenters. The number of aryl methyl sites for hydroxylation is 1. The van der Waals surface area contributed by atoms with E-state index in [-0.39, 0.29) is 17.1 Å². The van der Waals surface area contributed by atoms with Crippen molar-refractivity contribution >= 4 is 21.6 Å². The maximum atomic E-state index is 13.8. The van der Waals surface area contributed by atoms with Crippen LogP contribution in [-0.4, -0.2) is 25.2 Å². The molecule has 0 aliphatic rings. The van der Waals surface area contributed by atoms with E-state index < -0.39 is 34.1 Å². The molecular formula is C22H20F2N2O3S. The molecule has 0 saturated carbocycles. The van der Waals surface area contributed by atoms with E-state index in [2.05, 4.69) is 5.32 Å². The molecule has 1 N–H and O–H groups in total. The summed E-state index contributed by atoms with van der Waals surface area (Å²) in [6.45, 7) is 1.14. The molecule has 0 aliphatic heterocycles. The van der Waals surface area contributed by atoms with Gasteiger partial charge in [-0.25, -0.2) is 17.2 Å². The third-order valence-electron chi connectivity index (χ3n) is 4.40. The molecule has 30 heavy (non-hydrogen) atoms. The lowest BCUT2D eigenvalue weighted by molar-refractivity contribution is -0.116. The lowest BCUT2D eigenvalue weighted by Crippen LogP contribution is -2.37. The lowest BCUT2D eigenvalue weighted by Gasteiger charge is -2.22. The van der Waals surface area contributed by atoms with Gasteiger partial charge in [0.15, 0.2) is 0 Å². The first-order valence-corrected chi connectivity index (χ1v) is 10.6. The molecule has 0 bridgehead atoms. The highest BCUT2D eigenvalue weighted by molar-refractivity contribution is 7.89. The Morgan fingerprint density at radius 3 is 2.20 bits per heavy atom. The number of halogens is 2. The Morgan fingerprint density at radius 1 is 0.933 bits per heavy atom. The second kappa shape index (κ2) is 9.15. The molecule has 0 fully saturated rings. The molecule has 156 valence electrons. The standard InChI is InChI=1S/C22H20F2N2O3S/c1-16-6-12-19(13-7-16)30(28,29)26(14-17-8-10-18(23)11-9-17)15-22(27)25-21-5-3-2-4-20(21)24/h2-13H,14-15H2,1H3,(H,25,27). The SMILES string of the molecule is Cc1ccc(S(=O)(=O)N(CC(=O)Nc2ccccc2F)Cc2ccc(F)cc2)cc1. The normalized spacial score (nSPS) is 11.5. The first kappa shape index (κ1) is 21.6. The van der Waals surface area contributed by atoms with Gasteiger partial charge in [0.05, 0.1) is 17.1 Å². The van der Waals surface area contributed by atoms with Gasteiger partial charge in [-0.15, -0.1) is 0 Å². The average Bonchev–Trinajstić information content (AvgIpc) is 2.71. The van der Waals surface area contributed by atoms with Crippen LogP contribution >= 0.6 is 0 Å². The van der Waals surface area contributed by atoms with Gasteiger partial charge in [0.25, 0.3) is 0 Å². The first-order valence-electron chi connectivity index (χ1n) is 9.11. The van der Waals surface area contributed by atoms with Crippen LogP contribution in [0.25, 0.3) is 0 Å². The molecule has 3 rings (SSSR count). The Bertz CT molecular complexity index is 1130. The maximum absolute atomic E-state index is 13.8. The summed E-state index contributed by atoms with van der Waals surface area (Å²) < 4.78 is 54.4. The number of hydrogen-bond acceptors (Lipinski definition) is 3. The molecule has 3 aromatic carbocycles. The van der Waals surface area contributed by atoms with Crippen LogP contribution in [0.3, 0.4) is 0 Å². The Balaban J connectivity index is 1.88. The Kier molecular flexibility index (Phi) is 6.59. The molecule has 0 unspecified atom stereocenters. The largest absolute Gasteiger partial charge is 0.322 e. The van der Waals surface area contributed by atoms with Crippen molar-refractivity contribution in [1.82, 2.24) is 4.31 Å². The van der Waals surface area contributed by atoms with E-state index >= 15 is 0 Å². The van der Waals surface area contributed by atoms with Crippen molar-refractivity contribution in [1.29, 1.82) is 0 Å². The van der Waals surface area contributed by atoms with Crippen molar-refractivity contribution in [2.24, 2.45) is 0 Å². The Labute approximate surface area is 174 Å². The summed E-state index contributed by atoms with van der Waals surface area (Å²) in [6, 6.07) is 17.1. The summed E-state index contributed by atoms with van der Waals surface area (Å²) in [6.07, 6.45) is 0. The fourth-order valence-corrected chi connectivity index (χ4v) is 4.18. The van der Waals surface area contributed by atoms with Gasteiger partial charge in [0.2, 0.25) is 15.9 Å². The number of nitrogens with zero attached hydrogens (tertiary/aromatic N) is 1. The zero-order chi connectivity index (χ0) is 21.7. The predicted octanol–water partition coefficient (Wildman–Crippen LogP) is 4.10. The minimum Gasteiger partial charge on any atom is -0.322 e. The molecular weight excluding hydrogens is 410 g/mol. The second-order valence-electron chi connectivity index (χ2n) is 6.74. The van der Waals surface area contributed by atoms with Crippen LogP contribution < -0.4 is 5.32 Å². The molecule has 0 heterocycles. The molecule has 0 aliphatic carbocycles. The third kappa shape index (κ3) is 5.28. The fraction of sp³-hybridized carbons (Fsp3) is 0.136. The topological polar surface area (TPSA) is 66.5 Å². The number of benzene rings is 3. The molecule has 1 amide bonds. The van der Waals surface area contributed by atoms with Gasteiger partial charge in [0.1, 0.15) is 11.6 Å². The number of sulfonamides is 1. The summed E-state index contributed by atoms with van der Waals surface area (Å²) in [7, 11) is -4.04. The number of nitrogens with one attached hydrogen (secondary N) is 1. The van der Waals surface area contributed by atoms with Gasteiger partial charge >= 0.3 is 0 Å². The van der Waals surface area contributed by atoms with E-state index in [0.717, 1.165) is 9.87 Å². The minimum atomic E-state index is -4.04. The van der Waals surface area contributed by atoms with Crippen molar-refractivity contribution < 1.29 is 22.0 Å². The smallest absolute Gasteiger partial charge is 0.243 e. The summed E-state index contributed by atoms with van der Waals surface area (Å²) in [5, 5.41) is 2.39. The molecule has 8 heteroatoms. The monoisotopic (exact) mass is 430 g/mol. The van der Waals surface area contributed by atoms with Gasteiger partial charge in [-0.1, -0.05) is 42.0 Å². The minimum absolute atomic E-state index is 0.0221. The van der Waals surface area contributed by atoms with Crippen molar-refractivity contribution in [3.63, 3.8) is 0 Å². The van der Waals surface area contributed by atoms with Gasteiger partial charge in [-0.3, -0.25) is 4.79 Å². The van der Waals surface area contributed by atoms with E-state index in [9.17, 15) is 22.0 Å². The fourth-order valence-electron chi connectivity index (χ4n) is 2.79. The van der Waals surface area contributed by atoms with Crippen molar-refractivity contribution in [2.75, 3.05) is 11.9 Å². The van der Waals surface area contributed by atoms with E-state index in [1.807, 2.05) is 6.92 Å². The lowest BCUT2D eigenvalue weighted by atomic mass is 10.2. The highest BCUT2D eigenvalue weighted by Crippen LogP contribution is 2.20. The first-order chi connectivity index (χ1) is 14.3. The van der Waals surface area contributed by atoms with Crippen LogP contribution in [0, 0.1) is 18.6 Å². The van der Waals surface area contributed by atoms with Crippen molar-refractivity contribution in [2.45, 2.75) is 18.4 Å². The second-order valence-corrected chi connectivity index (χ2v) is 8.68. The maximum Gasteiger partial charge on any atom is 0.243 e. The molecule has 0 saturated heterocycles. The Hall–Kier alpha value is -3.10. The summed E-state index contributed by atoms with van der Waals surface area (Å²) in [4.78, 5) is 12.5. The van der Waals surface area contributed by atoms with Gasteiger partial charge in [-0.2, -0.15) is 4.31 Å². The molecule has 0 spiro atoms. The molecule has 3 aromatic rings. The highest BCUT2D eigenvalue weighted by Gasteiger charge is 2.27. The van der Waals surface area contributed by atoms with Gasteiger partial charge in [0, 0.05) is 6.54 Å².